The van der Waals surface area contributed by atoms with Crippen LogP contribution in [0, 0.1) is 5.92 Å². The van der Waals surface area contributed by atoms with Crippen LogP contribution < -0.4 is 5.73 Å². The molecule has 2 aromatic carbocycles. The summed E-state index contributed by atoms with van der Waals surface area (Å²) in [7, 11) is -3.72. The maximum absolute atomic E-state index is 13.4. The van der Waals surface area contributed by atoms with Crippen LogP contribution >= 0.6 is 15.9 Å². The summed E-state index contributed by atoms with van der Waals surface area (Å²) in [5.41, 5.74) is 7.30. The molecule has 1 aromatic heterocycles. The summed E-state index contributed by atoms with van der Waals surface area (Å²) in [6.45, 7) is 0.991. The van der Waals surface area contributed by atoms with Crippen LogP contribution in [0.4, 0.5) is 4.79 Å². The van der Waals surface area contributed by atoms with E-state index < -0.39 is 16.1 Å². The molecule has 1 fully saturated rings. The van der Waals surface area contributed by atoms with Crippen molar-refractivity contribution in [1.29, 1.82) is 0 Å². The average molecular weight is 504 g/mol. The number of rotatable bonds is 6. The number of aryl methyl sites for hydroxylation is 1. The lowest BCUT2D eigenvalue weighted by atomic mass is 9.91. The summed E-state index contributed by atoms with van der Waals surface area (Å²) in [4.78, 5) is 12.0. The number of hydrogen-bond donors (Lipinski definition) is 1. The van der Waals surface area contributed by atoms with Gasteiger partial charge in [-0.3, -0.25) is 4.57 Å². The molecule has 0 atom stereocenters. The number of primary amides is 1. The van der Waals surface area contributed by atoms with Gasteiger partial charge in [0.25, 0.3) is 0 Å². The molecule has 3 aromatic rings. The summed E-state index contributed by atoms with van der Waals surface area (Å²) in [6.07, 6.45) is 6.33. The monoisotopic (exact) mass is 503 g/mol. The smallest absolute Gasteiger partial charge is 0.323 e. The highest BCUT2D eigenvalue weighted by atomic mass is 79.9. The first-order chi connectivity index (χ1) is 14.9. The lowest BCUT2D eigenvalue weighted by Gasteiger charge is -2.31. The molecule has 1 aliphatic rings. The highest BCUT2D eigenvalue weighted by Crippen LogP contribution is 2.33. The van der Waals surface area contributed by atoms with Gasteiger partial charge in [0.05, 0.1) is 5.52 Å². The molecule has 2 heterocycles. The molecule has 31 heavy (non-hydrogen) atoms. The van der Waals surface area contributed by atoms with Crippen molar-refractivity contribution >= 4 is 42.9 Å². The van der Waals surface area contributed by atoms with Crippen molar-refractivity contribution in [2.45, 2.75) is 37.0 Å². The number of nitrogens with two attached hydrogens (primary N) is 1. The number of aromatic nitrogens is 1. The standard InChI is InChI=1S/C23H26BrN3O3S/c24-19-9-10-21-20(15-19)22(16-27(21)23(25)28)31(29,30)26-13-11-18(12-14-26)8-4-7-17-5-2-1-3-6-17/h1-3,5-6,9-10,15-16,18H,4,7-8,11-14H2,(H2,25,28). The number of halogens is 1. The molecule has 0 saturated carbocycles. The van der Waals surface area contributed by atoms with E-state index in [9.17, 15) is 13.2 Å². The predicted molar refractivity (Wildman–Crippen MR) is 125 cm³/mol. The van der Waals surface area contributed by atoms with Gasteiger partial charge in [-0.15, -0.1) is 0 Å². The summed E-state index contributed by atoms with van der Waals surface area (Å²) in [5.74, 6) is 0.538. The van der Waals surface area contributed by atoms with Crippen molar-refractivity contribution in [2.75, 3.05) is 13.1 Å². The fourth-order valence-corrected chi connectivity index (χ4v) is 6.39. The van der Waals surface area contributed by atoms with Gasteiger partial charge in [0.1, 0.15) is 4.90 Å². The molecular formula is C23H26BrN3O3S. The van der Waals surface area contributed by atoms with Crippen molar-refractivity contribution in [3.8, 4) is 0 Å². The van der Waals surface area contributed by atoms with Gasteiger partial charge < -0.3 is 5.73 Å². The van der Waals surface area contributed by atoms with Crippen molar-refractivity contribution in [1.82, 2.24) is 8.87 Å². The van der Waals surface area contributed by atoms with Crippen LogP contribution in [0.5, 0.6) is 0 Å². The molecule has 0 aliphatic carbocycles. The Morgan fingerprint density at radius 3 is 2.48 bits per heavy atom. The van der Waals surface area contributed by atoms with E-state index in [0.717, 1.165) is 36.6 Å². The maximum Gasteiger partial charge on any atom is 0.323 e. The number of amides is 1. The van der Waals surface area contributed by atoms with Gasteiger partial charge in [-0.05, 0) is 55.4 Å². The quantitative estimate of drug-likeness (QED) is 0.526. The van der Waals surface area contributed by atoms with Crippen LogP contribution in [0.2, 0.25) is 0 Å². The number of fused-ring (bicyclic) bond motifs is 1. The highest BCUT2D eigenvalue weighted by molar-refractivity contribution is 9.10. The van der Waals surface area contributed by atoms with Crippen molar-refractivity contribution in [3.63, 3.8) is 0 Å². The molecule has 1 amide bonds. The lowest BCUT2D eigenvalue weighted by Crippen LogP contribution is -2.38. The third kappa shape index (κ3) is 4.71. The van der Waals surface area contributed by atoms with Gasteiger partial charge in [0.15, 0.2) is 0 Å². The zero-order valence-corrected chi connectivity index (χ0v) is 19.6. The van der Waals surface area contributed by atoms with E-state index in [0.29, 0.717) is 29.9 Å². The first kappa shape index (κ1) is 22.0. The van der Waals surface area contributed by atoms with Gasteiger partial charge in [-0.1, -0.05) is 52.7 Å². The molecule has 8 heteroatoms. The first-order valence-corrected chi connectivity index (χ1v) is 12.7. The molecule has 0 radical (unpaired) electrons. The molecule has 1 aliphatic heterocycles. The van der Waals surface area contributed by atoms with E-state index >= 15 is 0 Å². The van der Waals surface area contributed by atoms with Gasteiger partial charge in [-0.25, -0.2) is 13.2 Å². The number of carbonyl (C=O) groups is 1. The molecular weight excluding hydrogens is 478 g/mol. The number of carbonyl (C=O) groups excluding carboxylic acids is 1. The Hall–Kier alpha value is -2.16. The van der Waals surface area contributed by atoms with Crippen molar-refractivity contribution < 1.29 is 13.2 Å². The van der Waals surface area contributed by atoms with E-state index in [2.05, 4.69) is 40.2 Å². The minimum absolute atomic E-state index is 0.130. The predicted octanol–water partition coefficient (Wildman–Crippen LogP) is 4.75. The SMILES string of the molecule is NC(=O)n1cc(S(=O)(=O)N2CCC(CCCc3ccccc3)CC2)c2cc(Br)ccc21. The number of hydrogen-bond acceptors (Lipinski definition) is 3. The summed E-state index contributed by atoms with van der Waals surface area (Å²) in [5, 5.41) is 0.498. The minimum Gasteiger partial charge on any atom is -0.351 e. The summed E-state index contributed by atoms with van der Waals surface area (Å²) < 4.78 is 30.3. The van der Waals surface area contributed by atoms with Crippen molar-refractivity contribution in [2.24, 2.45) is 11.7 Å². The van der Waals surface area contributed by atoms with Crippen LogP contribution in [0.1, 0.15) is 31.2 Å². The maximum atomic E-state index is 13.4. The Labute approximate surface area is 191 Å². The second-order valence-corrected chi connectivity index (χ2v) is 10.9. The number of piperidine rings is 1. The van der Waals surface area contributed by atoms with E-state index in [1.807, 2.05) is 6.07 Å². The Kier molecular flexibility index (Phi) is 6.50. The Morgan fingerprint density at radius 2 is 1.81 bits per heavy atom. The third-order valence-corrected chi connectivity index (χ3v) is 8.50. The number of nitrogens with zero attached hydrogens (tertiary/aromatic N) is 2. The topological polar surface area (TPSA) is 85.4 Å². The van der Waals surface area contributed by atoms with Crippen LogP contribution in [-0.4, -0.2) is 36.4 Å². The van der Waals surface area contributed by atoms with Crippen LogP contribution in [0.25, 0.3) is 10.9 Å². The fraction of sp³-hybridized carbons (Fsp3) is 0.348. The Bertz CT molecular complexity index is 1180. The van der Waals surface area contributed by atoms with Gasteiger partial charge in [-0.2, -0.15) is 4.31 Å². The Morgan fingerprint density at radius 1 is 1.10 bits per heavy atom. The molecule has 0 bridgehead atoms. The molecule has 1 saturated heterocycles. The first-order valence-electron chi connectivity index (χ1n) is 10.5. The molecule has 164 valence electrons. The molecule has 6 nitrogen and oxygen atoms in total. The molecule has 4 rings (SSSR count). The van der Waals surface area contributed by atoms with Gasteiger partial charge >= 0.3 is 6.03 Å². The van der Waals surface area contributed by atoms with Crippen LogP contribution in [-0.2, 0) is 16.4 Å². The van der Waals surface area contributed by atoms with Crippen molar-refractivity contribution in [3.05, 3.63) is 64.8 Å². The minimum atomic E-state index is -3.72. The van der Waals surface area contributed by atoms with Crippen LogP contribution in [0.15, 0.2) is 64.1 Å². The number of benzene rings is 2. The Balaban J connectivity index is 1.45. The fourth-order valence-electron chi connectivity index (χ4n) is 4.38. The highest BCUT2D eigenvalue weighted by Gasteiger charge is 2.32. The second kappa shape index (κ2) is 9.14. The zero-order chi connectivity index (χ0) is 22.0. The average Bonchev–Trinajstić information content (AvgIpc) is 3.15. The second-order valence-electron chi connectivity index (χ2n) is 8.09. The normalized spacial score (nSPS) is 16.0. The van der Waals surface area contributed by atoms with E-state index in [1.165, 1.54) is 16.3 Å². The van der Waals surface area contributed by atoms with E-state index in [-0.39, 0.29) is 4.90 Å². The van der Waals surface area contributed by atoms with Gasteiger partial charge in [0.2, 0.25) is 10.0 Å². The van der Waals surface area contributed by atoms with Crippen LogP contribution in [0.3, 0.4) is 0 Å². The lowest BCUT2D eigenvalue weighted by molar-refractivity contribution is 0.251. The summed E-state index contributed by atoms with van der Waals surface area (Å²) >= 11 is 3.39. The largest absolute Gasteiger partial charge is 0.351 e. The molecule has 0 spiro atoms. The van der Waals surface area contributed by atoms with E-state index in [1.54, 1.807) is 22.5 Å². The zero-order valence-electron chi connectivity index (χ0n) is 17.2. The molecule has 0 unspecified atom stereocenters. The van der Waals surface area contributed by atoms with E-state index in [4.69, 9.17) is 5.73 Å². The number of sulfonamides is 1. The molecule has 2 N–H and O–H groups in total. The third-order valence-electron chi connectivity index (χ3n) is 6.08. The summed E-state index contributed by atoms with van der Waals surface area (Å²) in [6, 6.07) is 14.9. The van der Waals surface area contributed by atoms with Gasteiger partial charge in [0, 0.05) is 29.1 Å².